The molecule has 0 aliphatic carbocycles. The van der Waals surface area contributed by atoms with Crippen LogP contribution in [0.5, 0.6) is 0 Å². The van der Waals surface area contributed by atoms with Crippen LogP contribution in [0.15, 0.2) is 0 Å². The maximum Gasteiger partial charge on any atom is 0.147 e. The molecular weight excluding hydrogens is 212 g/mol. The van der Waals surface area contributed by atoms with E-state index in [0.29, 0.717) is 17.9 Å². The van der Waals surface area contributed by atoms with Crippen molar-refractivity contribution in [1.82, 2.24) is 9.78 Å². The molecule has 0 spiro atoms. The Labute approximate surface area is 105 Å². The highest BCUT2D eigenvalue weighted by Gasteiger charge is 2.17. The molecule has 98 valence electrons. The third-order valence-corrected chi connectivity index (χ3v) is 2.87. The summed E-state index contributed by atoms with van der Waals surface area (Å²) >= 11 is 0. The number of nitrogen functional groups attached to an aromatic ring is 1. The van der Waals surface area contributed by atoms with E-state index in [4.69, 9.17) is 5.73 Å². The molecule has 1 aromatic rings. The van der Waals surface area contributed by atoms with Crippen molar-refractivity contribution < 1.29 is 0 Å². The number of hydrogen-bond donors (Lipinski definition) is 2. The fourth-order valence-electron chi connectivity index (χ4n) is 2.16. The van der Waals surface area contributed by atoms with Crippen LogP contribution < -0.4 is 11.1 Å². The van der Waals surface area contributed by atoms with Crippen LogP contribution in [0.1, 0.15) is 52.7 Å². The van der Waals surface area contributed by atoms with Gasteiger partial charge in [0.05, 0.1) is 11.4 Å². The third-order valence-electron chi connectivity index (χ3n) is 2.87. The topological polar surface area (TPSA) is 55.9 Å². The highest BCUT2D eigenvalue weighted by molar-refractivity contribution is 5.66. The quantitative estimate of drug-likeness (QED) is 0.829. The van der Waals surface area contributed by atoms with Crippen molar-refractivity contribution in [3.8, 4) is 0 Å². The van der Waals surface area contributed by atoms with Crippen molar-refractivity contribution in [1.29, 1.82) is 0 Å². The summed E-state index contributed by atoms with van der Waals surface area (Å²) in [5.41, 5.74) is 7.91. The largest absolute Gasteiger partial charge is 0.394 e. The molecule has 0 aliphatic rings. The SMILES string of the molecule is CC(C)CC(C)Nc1c(N)c(C(C)C)nn1C. The number of nitrogens with one attached hydrogen (secondary N) is 1. The zero-order valence-electron chi connectivity index (χ0n) is 11.9. The summed E-state index contributed by atoms with van der Waals surface area (Å²) in [7, 11) is 1.94. The number of aromatic nitrogens is 2. The smallest absolute Gasteiger partial charge is 0.147 e. The average molecular weight is 238 g/mol. The molecule has 1 aromatic heterocycles. The highest BCUT2D eigenvalue weighted by Crippen LogP contribution is 2.28. The first-order valence-electron chi connectivity index (χ1n) is 6.41. The summed E-state index contributed by atoms with van der Waals surface area (Å²) in [4.78, 5) is 0. The molecule has 0 bridgehead atoms. The zero-order valence-corrected chi connectivity index (χ0v) is 11.9. The summed E-state index contributed by atoms with van der Waals surface area (Å²) in [5, 5.41) is 7.93. The van der Waals surface area contributed by atoms with E-state index in [1.165, 1.54) is 0 Å². The molecule has 0 saturated carbocycles. The molecule has 0 aliphatic heterocycles. The van der Waals surface area contributed by atoms with Crippen molar-refractivity contribution >= 4 is 11.5 Å². The molecule has 0 amide bonds. The second-order valence-corrected chi connectivity index (χ2v) is 5.60. The molecule has 1 rings (SSSR count). The van der Waals surface area contributed by atoms with Gasteiger partial charge in [0, 0.05) is 13.1 Å². The molecule has 0 fully saturated rings. The molecule has 1 unspecified atom stereocenters. The van der Waals surface area contributed by atoms with E-state index < -0.39 is 0 Å². The van der Waals surface area contributed by atoms with Crippen LogP contribution in [0.2, 0.25) is 0 Å². The maximum absolute atomic E-state index is 6.14. The number of nitrogens with two attached hydrogens (primary N) is 1. The summed E-state index contributed by atoms with van der Waals surface area (Å²) in [6.07, 6.45) is 1.13. The summed E-state index contributed by atoms with van der Waals surface area (Å²) in [6.45, 7) is 10.9. The van der Waals surface area contributed by atoms with Gasteiger partial charge in [-0.25, -0.2) is 0 Å². The summed E-state index contributed by atoms with van der Waals surface area (Å²) in [6, 6.07) is 0.410. The Morgan fingerprint density at radius 2 is 1.82 bits per heavy atom. The van der Waals surface area contributed by atoms with E-state index in [9.17, 15) is 0 Å². The molecule has 4 heteroatoms. The lowest BCUT2D eigenvalue weighted by Gasteiger charge is -2.17. The Kier molecular flexibility index (Phi) is 4.43. The minimum Gasteiger partial charge on any atom is -0.394 e. The highest BCUT2D eigenvalue weighted by atomic mass is 15.3. The van der Waals surface area contributed by atoms with Crippen LogP contribution in [0.4, 0.5) is 11.5 Å². The number of nitrogens with zero attached hydrogens (tertiary/aromatic N) is 2. The molecular formula is C13H26N4. The molecule has 0 aromatic carbocycles. The van der Waals surface area contributed by atoms with Crippen molar-refractivity contribution in [2.24, 2.45) is 13.0 Å². The Bertz CT molecular complexity index is 366. The van der Waals surface area contributed by atoms with Crippen molar-refractivity contribution in [2.45, 2.75) is 53.0 Å². The molecule has 0 saturated heterocycles. The van der Waals surface area contributed by atoms with Gasteiger partial charge in [0.2, 0.25) is 0 Å². The Hall–Kier alpha value is -1.19. The normalized spacial score (nSPS) is 13.4. The predicted octanol–water partition coefficient (Wildman–Crippen LogP) is 2.97. The lowest BCUT2D eigenvalue weighted by atomic mass is 10.1. The summed E-state index contributed by atoms with van der Waals surface area (Å²) in [5.74, 6) is 1.98. The molecule has 1 atom stereocenters. The lowest BCUT2D eigenvalue weighted by molar-refractivity contribution is 0.536. The first kappa shape index (κ1) is 13.9. The van der Waals surface area contributed by atoms with Gasteiger partial charge in [0.1, 0.15) is 5.82 Å². The van der Waals surface area contributed by atoms with Gasteiger partial charge in [-0.05, 0) is 25.2 Å². The van der Waals surface area contributed by atoms with E-state index in [1.807, 2.05) is 11.7 Å². The van der Waals surface area contributed by atoms with Gasteiger partial charge < -0.3 is 11.1 Å². The van der Waals surface area contributed by atoms with Crippen molar-refractivity contribution in [3.63, 3.8) is 0 Å². The van der Waals surface area contributed by atoms with E-state index in [0.717, 1.165) is 23.6 Å². The van der Waals surface area contributed by atoms with Crippen molar-refractivity contribution in [3.05, 3.63) is 5.69 Å². The van der Waals surface area contributed by atoms with Gasteiger partial charge in [-0.1, -0.05) is 27.7 Å². The van der Waals surface area contributed by atoms with Crippen LogP contribution in [-0.4, -0.2) is 15.8 Å². The van der Waals surface area contributed by atoms with Gasteiger partial charge in [-0.3, -0.25) is 4.68 Å². The van der Waals surface area contributed by atoms with Crippen LogP contribution in [0, 0.1) is 5.92 Å². The predicted molar refractivity (Wildman–Crippen MR) is 74.2 cm³/mol. The monoisotopic (exact) mass is 238 g/mol. The number of anilines is 2. The fourth-order valence-corrected chi connectivity index (χ4v) is 2.16. The van der Waals surface area contributed by atoms with E-state index >= 15 is 0 Å². The zero-order chi connectivity index (χ0) is 13.2. The van der Waals surface area contributed by atoms with Crippen LogP contribution in [0.25, 0.3) is 0 Å². The van der Waals surface area contributed by atoms with Gasteiger partial charge in [-0.15, -0.1) is 0 Å². The lowest BCUT2D eigenvalue weighted by Crippen LogP contribution is -2.20. The number of rotatable bonds is 5. The second kappa shape index (κ2) is 5.43. The van der Waals surface area contributed by atoms with Crippen LogP contribution >= 0.6 is 0 Å². The minimum absolute atomic E-state index is 0.358. The van der Waals surface area contributed by atoms with Crippen molar-refractivity contribution in [2.75, 3.05) is 11.1 Å². The minimum atomic E-state index is 0.358. The van der Waals surface area contributed by atoms with E-state index in [-0.39, 0.29) is 0 Å². The molecule has 1 heterocycles. The Morgan fingerprint density at radius 3 is 2.24 bits per heavy atom. The third kappa shape index (κ3) is 3.38. The number of hydrogen-bond acceptors (Lipinski definition) is 3. The Morgan fingerprint density at radius 1 is 1.24 bits per heavy atom. The van der Waals surface area contributed by atoms with Gasteiger partial charge in [0.25, 0.3) is 0 Å². The average Bonchev–Trinajstić information content (AvgIpc) is 2.44. The van der Waals surface area contributed by atoms with Gasteiger partial charge in [0.15, 0.2) is 0 Å². The first-order valence-corrected chi connectivity index (χ1v) is 6.41. The molecule has 17 heavy (non-hydrogen) atoms. The fraction of sp³-hybridized carbons (Fsp3) is 0.769. The standard InChI is InChI=1S/C13H26N4/c1-8(2)7-10(5)15-13-11(14)12(9(3)4)16-17(13)6/h8-10,15H,7,14H2,1-6H3. The maximum atomic E-state index is 6.14. The first-order chi connectivity index (χ1) is 7.82. The number of aryl methyl sites for hydroxylation is 1. The van der Waals surface area contributed by atoms with E-state index in [1.54, 1.807) is 0 Å². The molecule has 4 nitrogen and oxygen atoms in total. The second-order valence-electron chi connectivity index (χ2n) is 5.60. The van der Waals surface area contributed by atoms with Gasteiger partial charge in [-0.2, -0.15) is 5.10 Å². The van der Waals surface area contributed by atoms with Crippen LogP contribution in [0.3, 0.4) is 0 Å². The van der Waals surface area contributed by atoms with Gasteiger partial charge >= 0.3 is 0 Å². The molecule has 0 radical (unpaired) electrons. The summed E-state index contributed by atoms with van der Waals surface area (Å²) < 4.78 is 1.85. The van der Waals surface area contributed by atoms with Crippen LogP contribution in [-0.2, 0) is 7.05 Å². The Balaban J connectivity index is 2.84. The molecule has 3 N–H and O–H groups in total. The van der Waals surface area contributed by atoms with E-state index in [2.05, 4.69) is 45.0 Å².